The molecular formula is C18H16Br2N4O4. The van der Waals surface area contributed by atoms with Gasteiger partial charge in [0.05, 0.1) is 16.1 Å². The van der Waals surface area contributed by atoms with Crippen molar-refractivity contribution in [1.29, 1.82) is 0 Å². The van der Waals surface area contributed by atoms with Gasteiger partial charge in [-0.1, -0.05) is 7.43 Å². The summed E-state index contributed by atoms with van der Waals surface area (Å²) in [4.78, 5) is 35.7. The molecular weight excluding hydrogens is 496 g/mol. The third-order valence-electron chi connectivity index (χ3n) is 3.62. The molecule has 0 atom stereocenters. The Morgan fingerprint density at radius 3 is 1.86 bits per heavy atom. The number of aromatic amines is 2. The molecule has 0 aliphatic rings. The van der Waals surface area contributed by atoms with Crippen LogP contribution in [0.25, 0.3) is 22.1 Å². The van der Waals surface area contributed by atoms with E-state index in [1.54, 1.807) is 24.5 Å². The maximum Gasteiger partial charge on any atom is 0.355 e. The number of nitrogens with zero attached hydrogens (tertiary/aromatic N) is 2. The average Bonchev–Trinajstić information content (AvgIpc) is 3.20. The van der Waals surface area contributed by atoms with Crippen LogP contribution in [0.3, 0.4) is 0 Å². The summed E-state index contributed by atoms with van der Waals surface area (Å²) in [5.74, 6) is -1.40. The second-order valence-electron chi connectivity index (χ2n) is 5.22. The van der Waals surface area contributed by atoms with E-state index in [2.05, 4.69) is 56.5 Å². The Bertz CT molecular complexity index is 1150. The number of hydrogen-bond acceptors (Lipinski definition) is 5. The number of rotatable bonds is 2. The number of carboxylic acid groups (broad SMARTS) is 1. The zero-order valence-corrected chi connectivity index (χ0v) is 17.0. The van der Waals surface area contributed by atoms with E-state index in [0.29, 0.717) is 25.9 Å². The lowest BCUT2D eigenvalue weighted by molar-refractivity contribution is 0.0593. The molecule has 0 radical (unpaired) electrons. The number of ether oxygens (including phenoxy) is 1. The maximum absolute atomic E-state index is 11.3. The van der Waals surface area contributed by atoms with Crippen LogP contribution in [0.4, 0.5) is 0 Å². The summed E-state index contributed by atoms with van der Waals surface area (Å²) in [6.45, 7) is 0. The molecule has 0 saturated heterocycles. The molecule has 0 fully saturated rings. The van der Waals surface area contributed by atoms with Gasteiger partial charge in [0.2, 0.25) is 0 Å². The fourth-order valence-electron chi connectivity index (χ4n) is 2.37. The molecule has 0 aliphatic carbocycles. The molecule has 4 heterocycles. The van der Waals surface area contributed by atoms with Crippen molar-refractivity contribution in [2.45, 2.75) is 7.43 Å². The molecule has 0 saturated carbocycles. The van der Waals surface area contributed by atoms with E-state index >= 15 is 0 Å². The normalized spacial score (nSPS) is 10.1. The summed E-state index contributed by atoms with van der Waals surface area (Å²) in [6.07, 6.45) is 3.27. The fourth-order valence-corrected chi connectivity index (χ4v) is 3.54. The number of aromatic carboxylic acids is 1. The molecule has 146 valence electrons. The Morgan fingerprint density at radius 1 is 0.964 bits per heavy atom. The van der Waals surface area contributed by atoms with Gasteiger partial charge >= 0.3 is 11.9 Å². The predicted molar refractivity (Wildman–Crippen MR) is 113 cm³/mol. The van der Waals surface area contributed by atoms with E-state index in [4.69, 9.17) is 5.11 Å². The first kappa shape index (κ1) is 21.6. The average molecular weight is 512 g/mol. The highest BCUT2D eigenvalue weighted by Crippen LogP contribution is 2.27. The Balaban J connectivity index is 0.000000194. The van der Waals surface area contributed by atoms with Gasteiger partial charge in [0.25, 0.3) is 0 Å². The van der Waals surface area contributed by atoms with E-state index in [-0.39, 0.29) is 13.1 Å². The number of hydrogen-bond donors (Lipinski definition) is 3. The highest BCUT2D eigenvalue weighted by Gasteiger charge is 2.16. The molecule has 0 aromatic carbocycles. The van der Waals surface area contributed by atoms with Gasteiger partial charge in [-0.25, -0.2) is 19.6 Å². The van der Waals surface area contributed by atoms with Crippen molar-refractivity contribution < 1.29 is 19.4 Å². The minimum Gasteiger partial charge on any atom is -0.477 e. The van der Waals surface area contributed by atoms with Crippen LogP contribution in [0.5, 0.6) is 0 Å². The van der Waals surface area contributed by atoms with Crippen LogP contribution in [0, 0.1) is 0 Å². The number of methoxy groups -OCH3 is 1. The number of aromatic nitrogens is 4. The van der Waals surface area contributed by atoms with E-state index in [9.17, 15) is 9.59 Å². The van der Waals surface area contributed by atoms with Gasteiger partial charge in [0, 0.05) is 23.2 Å². The first-order chi connectivity index (χ1) is 12.9. The first-order valence-corrected chi connectivity index (χ1v) is 9.08. The van der Waals surface area contributed by atoms with Crippen molar-refractivity contribution in [2.24, 2.45) is 0 Å². The third kappa shape index (κ3) is 4.07. The summed E-state index contributed by atoms with van der Waals surface area (Å²) in [6, 6.07) is 7.24. The molecule has 8 nitrogen and oxygen atoms in total. The van der Waals surface area contributed by atoms with Crippen LogP contribution < -0.4 is 0 Å². The van der Waals surface area contributed by atoms with Crippen LogP contribution in [0.15, 0.2) is 45.6 Å². The lowest BCUT2D eigenvalue weighted by Gasteiger charge is -1.94. The maximum atomic E-state index is 11.3. The summed E-state index contributed by atoms with van der Waals surface area (Å²) < 4.78 is 5.85. The van der Waals surface area contributed by atoms with Crippen molar-refractivity contribution in [1.82, 2.24) is 19.9 Å². The van der Waals surface area contributed by atoms with Crippen molar-refractivity contribution >= 4 is 65.9 Å². The second-order valence-corrected chi connectivity index (χ2v) is 6.81. The smallest absolute Gasteiger partial charge is 0.355 e. The SMILES string of the molecule is C.COC(=O)c1[nH]c2ncccc2c1Br.O=C(O)c1[nH]c2ncccc2c1Br. The Labute approximate surface area is 176 Å². The number of carbonyl (C=O) groups excluding carboxylic acids is 1. The number of H-pyrrole nitrogens is 2. The number of carboxylic acids is 1. The van der Waals surface area contributed by atoms with Crippen LogP contribution in [-0.2, 0) is 4.74 Å². The highest BCUT2D eigenvalue weighted by atomic mass is 79.9. The number of pyridine rings is 2. The van der Waals surface area contributed by atoms with Crippen LogP contribution in [0.1, 0.15) is 28.4 Å². The van der Waals surface area contributed by atoms with Gasteiger partial charge < -0.3 is 19.8 Å². The third-order valence-corrected chi connectivity index (χ3v) is 5.26. The van der Waals surface area contributed by atoms with E-state index < -0.39 is 11.9 Å². The molecule has 10 heteroatoms. The molecule has 4 aromatic rings. The molecule has 0 unspecified atom stereocenters. The highest BCUT2D eigenvalue weighted by molar-refractivity contribution is 9.11. The van der Waals surface area contributed by atoms with Crippen molar-refractivity contribution in [2.75, 3.05) is 7.11 Å². The van der Waals surface area contributed by atoms with E-state index in [1.165, 1.54) is 7.11 Å². The lowest BCUT2D eigenvalue weighted by Crippen LogP contribution is -2.01. The van der Waals surface area contributed by atoms with Gasteiger partial charge in [0.1, 0.15) is 22.7 Å². The summed E-state index contributed by atoms with van der Waals surface area (Å²) in [5, 5.41) is 10.4. The van der Waals surface area contributed by atoms with E-state index in [0.717, 1.165) is 10.8 Å². The minimum absolute atomic E-state index is 0. The molecule has 4 rings (SSSR count). The van der Waals surface area contributed by atoms with Crippen LogP contribution in [-0.4, -0.2) is 44.1 Å². The van der Waals surface area contributed by atoms with Gasteiger partial charge in [-0.05, 0) is 56.1 Å². The largest absolute Gasteiger partial charge is 0.477 e. The molecule has 3 N–H and O–H groups in total. The second kappa shape index (κ2) is 8.98. The number of esters is 1. The standard InChI is InChI=1S/C9H7BrN2O2.C8H5BrN2O2.CH4/c1-14-9(13)7-6(10)5-3-2-4-11-8(5)12-7;9-5-4-2-1-3-10-7(4)11-6(5)8(12)13;/h2-4H,1H3,(H,11,12);1-3H,(H,10,11)(H,12,13);1H4. The number of fused-ring (bicyclic) bond motifs is 2. The topological polar surface area (TPSA) is 121 Å². The lowest BCUT2D eigenvalue weighted by atomic mass is 10.3. The molecule has 28 heavy (non-hydrogen) atoms. The molecule has 0 aliphatic heterocycles. The zero-order valence-electron chi connectivity index (χ0n) is 13.8. The van der Waals surface area contributed by atoms with Crippen LogP contribution >= 0.6 is 31.9 Å². The fraction of sp³-hybridized carbons (Fsp3) is 0.111. The number of carbonyl (C=O) groups is 2. The quantitative estimate of drug-likeness (QED) is 0.333. The van der Waals surface area contributed by atoms with Gasteiger partial charge in [0.15, 0.2) is 0 Å². The molecule has 4 aromatic heterocycles. The zero-order chi connectivity index (χ0) is 19.6. The van der Waals surface area contributed by atoms with Gasteiger partial charge in [-0.15, -0.1) is 0 Å². The van der Waals surface area contributed by atoms with Gasteiger partial charge in [-0.3, -0.25) is 0 Å². The number of nitrogens with one attached hydrogen (secondary N) is 2. The number of halogens is 2. The molecule has 0 spiro atoms. The predicted octanol–water partition coefficient (Wildman–Crippen LogP) is 4.77. The monoisotopic (exact) mass is 510 g/mol. The summed E-state index contributed by atoms with van der Waals surface area (Å²) in [7, 11) is 1.34. The van der Waals surface area contributed by atoms with Crippen molar-refractivity contribution in [3.05, 3.63) is 57.0 Å². The Morgan fingerprint density at radius 2 is 1.43 bits per heavy atom. The molecule has 0 bridgehead atoms. The summed E-state index contributed by atoms with van der Waals surface area (Å²) in [5.41, 5.74) is 1.77. The first-order valence-electron chi connectivity index (χ1n) is 7.50. The summed E-state index contributed by atoms with van der Waals surface area (Å²) >= 11 is 6.52. The molecule has 0 amide bonds. The van der Waals surface area contributed by atoms with Crippen LogP contribution in [0.2, 0.25) is 0 Å². The van der Waals surface area contributed by atoms with Gasteiger partial charge in [-0.2, -0.15) is 0 Å². The Hall–Kier alpha value is -2.72. The minimum atomic E-state index is -0.995. The van der Waals surface area contributed by atoms with Crippen molar-refractivity contribution in [3.63, 3.8) is 0 Å². The van der Waals surface area contributed by atoms with Crippen molar-refractivity contribution in [3.8, 4) is 0 Å². The van der Waals surface area contributed by atoms with E-state index in [1.807, 2.05) is 12.1 Å². The Kier molecular flexibility index (Phi) is 6.92.